The minimum Gasteiger partial charge on any atom is -0.497 e. The van der Waals surface area contributed by atoms with Crippen molar-refractivity contribution in [3.8, 4) is 5.75 Å². The fourth-order valence-corrected chi connectivity index (χ4v) is 5.00. The van der Waals surface area contributed by atoms with Gasteiger partial charge in [-0.1, -0.05) is 52.7 Å². The molecule has 6 nitrogen and oxygen atoms in total. The highest BCUT2D eigenvalue weighted by Gasteiger charge is 2.33. The third-order valence-corrected chi connectivity index (χ3v) is 6.91. The van der Waals surface area contributed by atoms with Crippen LogP contribution in [-0.2, 0) is 9.53 Å². The maximum atomic E-state index is 13.5. The predicted octanol–water partition coefficient (Wildman–Crippen LogP) is 4.11. The minimum atomic E-state index is -0.679. The van der Waals surface area contributed by atoms with Crippen LogP contribution in [0.5, 0.6) is 5.75 Å². The molecule has 1 aliphatic heterocycles. The largest absolute Gasteiger partial charge is 0.497 e. The van der Waals surface area contributed by atoms with E-state index in [0.29, 0.717) is 36.4 Å². The molecule has 1 unspecified atom stereocenters. The lowest BCUT2D eigenvalue weighted by atomic mass is 9.96. The van der Waals surface area contributed by atoms with Crippen LogP contribution in [0.4, 0.5) is 0 Å². The highest BCUT2D eigenvalue weighted by Crippen LogP contribution is 2.31. The van der Waals surface area contributed by atoms with Gasteiger partial charge in [0.2, 0.25) is 0 Å². The molecule has 1 atom stereocenters. The van der Waals surface area contributed by atoms with Gasteiger partial charge in [0.05, 0.1) is 45.6 Å². The number of carbonyl (C=O) groups is 1. The summed E-state index contributed by atoms with van der Waals surface area (Å²) < 4.78 is 12.6. The summed E-state index contributed by atoms with van der Waals surface area (Å²) in [4.78, 5) is 31.5. The summed E-state index contributed by atoms with van der Waals surface area (Å²) in [6, 6.07) is 11.7. The zero-order valence-corrected chi connectivity index (χ0v) is 20.4. The molecule has 0 saturated heterocycles. The number of nitrogens with zero attached hydrogens (tertiary/aromatic N) is 2. The Morgan fingerprint density at radius 2 is 1.91 bits per heavy atom. The van der Waals surface area contributed by atoms with E-state index in [1.807, 2.05) is 12.1 Å². The van der Waals surface area contributed by atoms with E-state index in [4.69, 9.17) is 32.7 Å². The molecule has 0 spiro atoms. The molecule has 3 aromatic rings. The van der Waals surface area contributed by atoms with E-state index in [1.165, 1.54) is 15.9 Å². The van der Waals surface area contributed by atoms with Crippen molar-refractivity contribution < 1.29 is 14.3 Å². The summed E-state index contributed by atoms with van der Waals surface area (Å²) >= 11 is 13.4. The van der Waals surface area contributed by atoms with Crippen molar-refractivity contribution in [2.24, 2.45) is 4.99 Å². The molecular formula is C24H20Cl2N2O4S. The second-order valence-corrected chi connectivity index (χ2v) is 9.07. The van der Waals surface area contributed by atoms with Crippen LogP contribution in [0.25, 0.3) is 6.08 Å². The normalized spacial score (nSPS) is 15.8. The average Bonchev–Trinajstić information content (AvgIpc) is 3.10. The molecule has 0 N–H and O–H groups in total. The van der Waals surface area contributed by atoms with Gasteiger partial charge in [-0.05, 0) is 55.3 Å². The number of carbonyl (C=O) groups excluding carboxylic acids is 1. The number of benzene rings is 2. The van der Waals surface area contributed by atoms with Gasteiger partial charge in [-0.3, -0.25) is 9.36 Å². The average molecular weight is 503 g/mol. The number of methoxy groups -OCH3 is 1. The number of halogens is 2. The molecule has 33 heavy (non-hydrogen) atoms. The number of hydrogen-bond acceptors (Lipinski definition) is 6. The second kappa shape index (κ2) is 9.55. The molecular weight excluding hydrogens is 483 g/mol. The van der Waals surface area contributed by atoms with Crippen molar-refractivity contribution in [1.29, 1.82) is 0 Å². The zero-order valence-electron chi connectivity index (χ0n) is 18.1. The topological polar surface area (TPSA) is 69.9 Å². The molecule has 0 saturated carbocycles. The van der Waals surface area contributed by atoms with Gasteiger partial charge in [0, 0.05) is 0 Å². The molecule has 0 fully saturated rings. The van der Waals surface area contributed by atoms with E-state index >= 15 is 0 Å². The van der Waals surface area contributed by atoms with Gasteiger partial charge in [0.1, 0.15) is 5.75 Å². The molecule has 2 heterocycles. The number of fused-ring (bicyclic) bond motifs is 1. The summed E-state index contributed by atoms with van der Waals surface area (Å²) in [7, 11) is 1.58. The maximum Gasteiger partial charge on any atom is 0.338 e. The molecule has 0 bridgehead atoms. The number of ether oxygens (including phenoxy) is 2. The molecule has 4 rings (SSSR count). The van der Waals surface area contributed by atoms with E-state index in [9.17, 15) is 9.59 Å². The Balaban J connectivity index is 1.94. The number of rotatable bonds is 5. The smallest absolute Gasteiger partial charge is 0.338 e. The van der Waals surface area contributed by atoms with E-state index in [0.717, 1.165) is 11.1 Å². The number of thiazole rings is 1. The Hall–Kier alpha value is -2.87. The van der Waals surface area contributed by atoms with Crippen LogP contribution in [0.3, 0.4) is 0 Å². The van der Waals surface area contributed by atoms with Gasteiger partial charge >= 0.3 is 5.97 Å². The van der Waals surface area contributed by atoms with Crippen LogP contribution >= 0.6 is 34.5 Å². The van der Waals surface area contributed by atoms with Crippen LogP contribution in [0.2, 0.25) is 10.0 Å². The molecule has 9 heteroatoms. The molecule has 1 aliphatic rings. The monoisotopic (exact) mass is 502 g/mol. The number of esters is 1. The SMILES string of the molecule is CCOC(=O)C1=C(C)N=c2sc(=Cc3ccc(Cl)c(Cl)c3)c(=O)n2C1c1ccc(OC)cc1. The summed E-state index contributed by atoms with van der Waals surface area (Å²) in [5.74, 6) is 0.169. The molecule has 0 aliphatic carbocycles. The molecule has 1 aromatic heterocycles. The number of hydrogen-bond donors (Lipinski definition) is 0. The van der Waals surface area contributed by atoms with Gasteiger partial charge in [-0.2, -0.15) is 0 Å². The minimum absolute atomic E-state index is 0.215. The number of aromatic nitrogens is 1. The summed E-state index contributed by atoms with van der Waals surface area (Å²) in [6.07, 6.45) is 1.74. The quantitative estimate of drug-likeness (QED) is 0.492. The van der Waals surface area contributed by atoms with Crippen LogP contribution in [0.15, 0.2) is 63.5 Å². The van der Waals surface area contributed by atoms with E-state index < -0.39 is 12.0 Å². The summed E-state index contributed by atoms with van der Waals surface area (Å²) in [5, 5.41) is 0.833. The van der Waals surface area contributed by atoms with Crippen molar-refractivity contribution in [2.45, 2.75) is 19.9 Å². The summed E-state index contributed by atoms with van der Waals surface area (Å²) in [6.45, 7) is 3.70. The van der Waals surface area contributed by atoms with Crippen LogP contribution in [0.1, 0.15) is 31.0 Å². The van der Waals surface area contributed by atoms with Crippen molar-refractivity contribution in [1.82, 2.24) is 4.57 Å². The van der Waals surface area contributed by atoms with Gasteiger partial charge in [-0.25, -0.2) is 9.79 Å². The first-order valence-corrected chi connectivity index (χ1v) is 11.7. The van der Waals surface area contributed by atoms with Gasteiger partial charge in [0.15, 0.2) is 4.80 Å². The molecule has 2 aromatic carbocycles. The van der Waals surface area contributed by atoms with Crippen molar-refractivity contribution in [2.75, 3.05) is 13.7 Å². The standard InChI is InChI=1S/C24H20Cl2N2O4S/c1-4-32-23(30)20-13(2)27-24-28(21(20)15-6-8-16(31-3)9-7-15)22(29)19(33-24)12-14-5-10-17(25)18(26)11-14/h5-12,21H,4H2,1-3H3. The third-order valence-electron chi connectivity index (χ3n) is 5.19. The van der Waals surface area contributed by atoms with E-state index in [2.05, 4.69) is 4.99 Å². The lowest BCUT2D eigenvalue weighted by Crippen LogP contribution is -2.39. The van der Waals surface area contributed by atoms with Gasteiger partial charge < -0.3 is 9.47 Å². The van der Waals surface area contributed by atoms with E-state index in [-0.39, 0.29) is 12.2 Å². The molecule has 0 radical (unpaired) electrons. The lowest BCUT2D eigenvalue weighted by molar-refractivity contribution is -0.139. The van der Waals surface area contributed by atoms with Gasteiger partial charge in [-0.15, -0.1) is 0 Å². The van der Waals surface area contributed by atoms with Crippen LogP contribution in [-0.4, -0.2) is 24.3 Å². The Kier molecular flexibility index (Phi) is 6.74. The Labute approximate surface area is 204 Å². The second-order valence-electron chi connectivity index (χ2n) is 7.25. The fourth-order valence-electron chi connectivity index (χ4n) is 3.65. The van der Waals surface area contributed by atoms with Crippen molar-refractivity contribution >= 4 is 46.6 Å². The summed E-state index contributed by atoms with van der Waals surface area (Å²) in [5.41, 5.74) is 2.05. The first kappa shape index (κ1) is 23.3. The lowest BCUT2D eigenvalue weighted by Gasteiger charge is -2.24. The first-order valence-electron chi connectivity index (χ1n) is 10.1. The highest BCUT2D eigenvalue weighted by molar-refractivity contribution is 7.07. The zero-order chi connectivity index (χ0) is 23.7. The third kappa shape index (κ3) is 4.49. The Morgan fingerprint density at radius 1 is 1.18 bits per heavy atom. The Bertz CT molecular complexity index is 1440. The fraction of sp³-hybridized carbons (Fsp3) is 0.208. The Morgan fingerprint density at radius 3 is 2.55 bits per heavy atom. The first-order chi connectivity index (χ1) is 15.8. The van der Waals surface area contributed by atoms with Crippen molar-refractivity contribution in [3.05, 3.63) is 94.6 Å². The van der Waals surface area contributed by atoms with Crippen LogP contribution < -0.4 is 19.6 Å². The van der Waals surface area contributed by atoms with Crippen LogP contribution in [0, 0.1) is 0 Å². The van der Waals surface area contributed by atoms with Crippen molar-refractivity contribution in [3.63, 3.8) is 0 Å². The van der Waals surface area contributed by atoms with E-state index in [1.54, 1.807) is 57.4 Å². The molecule has 0 amide bonds. The number of allylic oxidation sites excluding steroid dienone is 1. The predicted molar refractivity (Wildman–Crippen MR) is 130 cm³/mol. The van der Waals surface area contributed by atoms with Gasteiger partial charge in [0.25, 0.3) is 5.56 Å². The highest BCUT2D eigenvalue weighted by atomic mass is 35.5. The molecule has 170 valence electrons. The maximum absolute atomic E-state index is 13.5.